The molecule has 0 radical (unpaired) electrons. The lowest BCUT2D eigenvalue weighted by molar-refractivity contribution is 0.0956. The van der Waals surface area contributed by atoms with Gasteiger partial charge in [-0.3, -0.25) is 9.10 Å². The number of benzene rings is 3. The SMILES string of the molecule is Cc1ccccc1CSCCNC(=O)c1ccc(N(Cc2ccccc2C)S(C)(=O)=O)cc1. The van der Waals surface area contributed by atoms with Crippen LogP contribution in [0, 0.1) is 13.8 Å². The minimum Gasteiger partial charge on any atom is -0.351 e. The van der Waals surface area contributed by atoms with Crippen LogP contribution in [0.4, 0.5) is 5.69 Å². The molecule has 0 spiro atoms. The van der Waals surface area contributed by atoms with Gasteiger partial charge >= 0.3 is 0 Å². The zero-order valence-electron chi connectivity index (χ0n) is 19.2. The van der Waals surface area contributed by atoms with Crippen LogP contribution in [0.2, 0.25) is 0 Å². The summed E-state index contributed by atoms with van der Waals surface area (Å²) in [6.07, 6.45) is 1.19. The molecule has 0 saturated carbocycles. The van der Waals surface area contributed by atoms with E-state index in [-0.39, 0.29) is 12.5 Å². The molecule has 0 fully saturated rings. The van der Waals surface area contributed by atoms with Crippen molar-refractivity contribution in [3.05, 3.63) is 101 Å². The fourth-order valence-electron chi connectivity index (χ4n) is 3.41. The van der Waals surface area contributed by atoms with Crippen molar-refractivity contribution in [3.8, 4) is 0 Å². The molecule has 5 nitrogen and oxygen atoms in total. The fourth-order valence-corrected chi connectivity index (χ4v) is 5.23. The van der Waals surface area contributed by atoms with Gasteiger partial charge in [0, 0.05) is 23.6 Å². The Morgan fingerprint density at radius 2 is 1.45 bits per heavy atom. The molecule has 0 unspecified atom stereocenters. The Balaban J connectivity index is 1.56. The third kappa shape index (κ3) is 7.11. The highest BCUT2D eigenvalue weighted by atomic mass is 32.2. The first-order valence-corrected chi connectivity index (χ1v) is 13.8. The van der Waals surface area contributed by atoms with Crippen molar-refractivity contribution < 1.29 is 13.2 Å². The van der Waals surface area contributed by atoms with E-state index in [9.17, 15) is 13.2 Å². The quantitative estimate of drug-likeness (QED) is 0.416. The van der Waals surface area contributed by atoms with Gasteiger partial charge in [0.15, 0.2) is 0 Å². The number of thioether (sulfide) groups is 1. The molecule has 3 aromatic carbocycles. The standard InChI is InChI=1S/C26H30N2O3S2/c1-20-8-4-6-10-23(20)18-28(33(3,30)31)25-14-12-22(13-15-25)26(29)27-16-17-32-19-24-11-7-5-9-21(24)2/h4-15H,16-19H2,1-3H3,(H,27,29). The first-order chi connectivity index (χ1) is 15.8. The topological polar surface area (TPSA) is 66.5 Å². The van der Waals surface area contributed by atoms with Crippen LogP contribution in [0.5, 0.6) is 0 Å². The van der Waals surface area contributed by atoms with Crippen LogP contribution in [-0.4, -0.2) is 32.9 Å². The number of amides is 1. The number of carbonyl (C=O) groups excluding carboxylic acids is 1. The number of hydrogen-bond acceptors (Lipinski definition) is 4. The monoisotopic (exact) mass is 482 g/mol. The maximum atomic E-state index is 12.5. The summed E-state index contributed by atoms with van der Waals surface area (Å²) >= 11 is 1.78. The van der Waals surface area contributed by atoms with E-state index in [1.807, 2.05) is 43.3 Å². The van der Waals surface area contributed by atoms with Gasteiger partial charge in [-0.2, -0.15) is 11.8 Å². The summed E-state index contributed by atoms with van der Waals surface area (Å²) in [5.41, 5.74) is 5.60. The lowest BCUT2D eigenvalue weighted by Gasteiger charge is -2.23. The number of carbonyl (C=O) groups is 1. The van der Waals surface area contributed by atoms with Crippen LogP contribution in [0.3, 0.4) is 0 Å². The average molecular weight is 483 g/mol. The Labute approximate surface area is 201 Å². The minimum atomic E-state index is -3.48. The molecule has 0 aliphatic heterocycles. The molecule has 0 bridgehead atoms. The van der Waals surface area contributed by atoms with Gasteiger partial charge in [-0.15, -0.1) is 0 Å². The molecule has 33 heavy (non-hydrogen) atoms. The molecule has 0 aliphatic carbocycles. The molecule has 0 saturated heterocycles. The van der Waals surface area contributed by atoms with E-state index in [1.165, 1.54) is 21.7 Å². The summed E-state index contributed by atoms with van der Waals surface area (Å²) in [4.78, 5) is 12.5. The van der Waals surface area contributed by atoms with E-state index in [1.54, 1.807) is 36.0 Å². The van der Waals surface area contributed by atoms with E-state index >= 15 is 0 Å². The van der Waals surface area contributed by atoms with Crippen molar-refractivity contribution >= 4 is 33.4 Å². The molecule has 1 N–H and O–H groups in total. The number of nitrogens with one attached hydrogen (secondary N) is 1. The highest BCUT2D eigenvalue weighted by Crippen LogP contribution is 2.22. The lowest BCUT2D eigenvalue weighted by atomic mass is 10.1. The molecule has 174 valence electrons. The summed E-state index contributed by atoms with van der Waals surface area (Å²) in [5.74, 6) is 1.57. The summed E-state index contributed by atoms with van der Waals surface area (Å²) in [6, 6.07) is 22.7. The molecule has 3 rings (SSSR count). The van der Waals surface area contributed by atoms with Crippen molar-refractivity contribution in [1.29, 1.82) is 0 Å². The number of anilines is 1. The van der Waals surface area contributed by atoms with E-state index in [0.29, 0.717) is 17.8 Å². The Kier molecular flexibility index (Phi) is 8.58. The van der Waals surface area contributed by atoms with Crippen molar-refractivity contribution in [3.63, 3.8) is 0 Å². The van der Waals surface area contributed by atoms with Gasteiger partial charge in [0.25, 0.3) is 5.91 Å². The van der Waals surface area contributed by atoms with Crippen molar-refractivity contribution in [1.82, 2.24) is 5.32 Å². The first kappa shape index (κ1) is 24.9. The van der Waals surface area contributed by atoms with Gasteiger partial charge in [-0.25, -0.2) is 8.42 Å². The molecule has 1 amide bonds. The zero-order valence-corrected chi connectivity index (χ0v) is 20.9. The summed E-state index contributed by atoms with van der Waals surface area (Å²) in [5, 5.41) is 2.93. The van der Waals surface area contributed by atoms with E-state index < -0.39 is 10.0 Å². The largest absolute Gasteiger partial charge is 0.351 e. The molecule has 3 aromatic rings. The average Bonchev–Trinajstić information content (AvgIpc) is 2.78. The highest BCUT2D eigenvalue weighted by Gasteiger charge is 2.19. The fraction of sp³-hybridized carbons (Fsp3) is 0.269. The third-order valence-corrected chi connectivity index (χ3v) is 7.59. The lowest BCUT2D eigenvalue weighted by Crippen LogP contribution is -2.30. The predicted molar refractivity (Wildman–Crippen MR) is 138 cm³/mol. The highest BCUT2D eigenvalue weighted by molar-refractivity contribution is 7.98. The molecular formula is C26H30N2O3S2. The van der Waals surface area contributed by atoms with Crippen LogP contribution in [0.15, 0.2) is 72.8 Å². The number of rotatable bonds is 10. The second kappa shape index (κ2) is 11.4. The summed E-state index contributed by atoms with van der Waals surface area (Å²) < 4.78 is 26.2. The smallest absolute Gasteiger partial charge is 0.251 e. The second-order valence-corrected chi connectivity index (χ2v) is 11.0. The second-order valence-electron chi connectivity index (χ2n) is 7.98. The Morgan fingerprint density at radius 3 is 2.03 bits per heavy atom. The maximum Gasteiger partial charge on any atom is 0.251 e. The number of nitrogens with zero attached hydrogens (tertiary/aromatic N) is 1. The van der Waals surface area contributed by atoms with E-state index in [0.717, 1.165) is 22.6 Å². The Hall–Kier alpha value is -2.77. The van der Waals surface area contributed by atoms with Crippen LogP contribution in [-0.2, 0) is 22.3 Å². The normalized spacial score (nSPS) is 11.2. The van der Waals surface area contributed by atoms with Crippen molar-refractivity contribution in [2.24, 2.45) is 0 Å². The number of aryl methyl sites for hydroxylation is 2. The van der Waals surface area contributed by atoms with Gasteiger partial charge < -0.3 is 5.32 Å². The van der Waals surface area contributed by atoms with Gasteiger partial charge in [0.05, 0.1) is 18.5 Å². The molecule has 0 aromatic heterocycles. The van der Waals surface area contributed by atoms with Crippen LogP contribution in [0.25, 0.3) is 0 Å². The summed E-state index contributed by atoms with van der Waals surface area (Å²) in [6.45, 7) is 4.88. The van der Waals surface area contributed by atoms with Crippen molar-refractivity contribution in [2.75, 3.05) is 22.9 Å². The van der Waals surface area contributed by atoms with E-state index in [2.05, 4.69) is 24.4 Å². The molecule has 0 heterocycles. The van der Waals surface area contributed by atoms with Gasteiger partial charge in [0.1, 0.15) is 0 Å². The van der Waals surface area contributed by atoms with Gasteiger partial charge in [-0.1, -0.05) is 48.5 Å². The van der Waals surface area contributed by atoms with Gasteiger partial charge in [0.2, 0.25) is 10.0 Å². The maximum absolute atomic E-state index is 12.5. The van der Waals surface area contributed by atoms with Crippen LogP contribution < -0.4 is 9.62 Å². The van der Waals surface area contributed by atoms with Crippen LogP contribution >= 0.6 is 11.8 Å². The zero-order chi connectivity index (χ0) is 23.8. The predicted octanol–water partition coefficient (Wildman–Crippen LogP) is 4.93. The Morgan fingerprint density at radius 1 is 0.879 bits per heavy atom. The van der Waals surface area contributed by atoms with Crippen LogP contribution in [0.1, 0.15) is 32.6 Å². The molecule has 0 aliphatic rings. The van der Waals surface area contributed by atoms with Crippen molar-refractivity contribution in [2.45, 2.75) is 26.1 Å². The Bertz CT molecular complexity index is 1190. The first-order valence-electron chi connectivity index (χ1n) is 10.8. The molecule has 0 atom stereocenters. The third-order valence-electron chi connectivity index (χ3n) is 5.44. The molecular weight excluding hydrogens is 452 g/mol. The minimum absolute atomic E-state index is 0.164. The number of sulfonamides is 1. The summed E-state index contributed by atoms with van der Waals surface area (Å²) in [7, 11) is -3.48. The van der Waals surface area contributed by atoms with E-state index in [4.69, 9.17) is 0 Å². The number of hydrogen-bond donors (Lipinski definition) is 1. The molecule has 7 heteroatoms. The van der Waals surface area contributed by atoms with Gasteiger partial charge in [-0.05, 0) is 60.4 Å².